The highest BCUT2D eigenvalue weighted by atomic mass is 16.1. The average Bonchev–Trinajstić information content (AvgIpc) is 2.96. The molecule has 6 rings (SSSR count). The summed E-state index contributed by atoms with van der Waals surface area (Å²) in [6.07, 6.45) is 10.6. The van der Waals surface area contributed by atoms with Crippen LogP contribution in [0.25, 0.3) is 0 Å². The monoisotopic (exact) mass is 327 g/mol. The number of hydrogen-bond acceptors (Lipinski definition) is 2. The molecule has 0 unspecified atom stereocenters. The number of carbonyl (C=O) groups is 1. The summed E-state index contributed by atoms with van der Waals surface area (Å²) in [5.41, 5.74) is 1.10. The molecule has 0 N–H and O–H groups in total. The van der Waals surface area contributed by atoms with Gasteiger partial charge in [0.25, 0.3) is 0 Å². The van der Waals surface area contributed by atoms with Gasteiger partial charge >= 0.3 is 0 Å². The zero-order valence-corrected chi connectivity index (χ0v) is 15.7. The molecular weight excluding hydrogens is 294 g/mol. The smallest absolute Gasteiger partial charge is 0.140 e. The summed E-state index contributed by atoms with van der Waals surface area (Å²) in [6.45, 7) is 6.32. The number of hydrogen-bond donors (Lipinski definition) is 0. The number of carbonyl (C=O) groups excluding carboxylic acids is 1. The van der Waals surface area contributed by atoms with Crippen LogP contribution in [-0.4, -0.2) is 30.3 Å². The zero-order valence-electron chi connectivity index (χ0n) is 15.7. The SMILES string of the molecule is C[C@H]1[C@H]2CC[C@H]3[C@@H]4CC(=O)[C@]56C[C@H]5CC[C@]6(C)[C@H]4CC[C@]23CN1C. The van der Waals surface area contributed by atoms with Crippen LogP contribution in [0.15, 0.2) is 0 Å². The highest BCUT2D eigenvalue weighted by Gasteiger charge is 2.78. The Labute approximate surface area is 146 Å². The van der Waals surface area contributed by atoms with Crippen molar-refractivity contribution in [2.45, 2.75) is 71.3 Å². The molecule has 6 fully saturated rings. The molecule has 2 spiro atoms. The Hall–Kier alpha value is -0.370. The largest absolute Gasteiger partial charge is 0.303 e. The maximum atomic E-state index is 13.3. The number of ketones is 1. The van der Waals surface area contributed by atoms with E-state index in [0.29, 0.717) is 16.6 Å². The second kappa shape index (κ2) is 4.13. The van der Waals surface area contributed by atoms with Crippen LogP contribution in [-0.2, 0) is 4.79 Å². The van der Waals surface area contributed by atoms with Crippen LogP contribution < -0.4 is 0 Å². The van der Waals surface area contributed by atoms with E-state index < -0.39 is 0 Å². The summed E-state index contributed by atoms with van der Waals surface area (Å²) in [5, 5.41) is 0. The molecule has 0 aromatic heterocycles. The fourth-order valence-corrected chi connectivity index (χ4v) is 9.81. The van der Waals surface area contributed by atoms with Crippen molar-refractivity contribution in [2.75, 3.05) is 13.6 Å². The highest BCUT2D eigenvalue weighted by molar-refractivity contribution is 5.91. The Morgan fingerprint density at radius 2 is 1.83 bits per heavy atom. The van der Waals surface area contributed by atoms with Crippen LogP contribution in [0.5, 0.6) is 0 Å². The van der Waals surface area contributed by atoms with E-state index in [0.717, 1.165) is 42.1 Å². The van der Waals surface area contributed by atoms with Gasteiger partial charge in [0.05, 0.1) is 0 Å². The summed E-state index contributed by atoms with van der Waals surface area (Å²) in [5.74, 6) is 4.83. The Kier molecular flexibility index (Phi) is 2.54. The lowest BCUT2D eigenvalue weighted by Crippen LogP contribution is -2.56. The first-order valence-electron chi connectivity index (χ1n) is 10.7. The molecule has 1 heterocycles. The highest BCUT2D eigenvalue weighted by Crippen LogP contribution is 2.80. The van der Waals surface area contributed by atoms with E-state index in [1.807, 2.05) is 0 Å². The zero-order chi connectivity index (χ0) is 16.5. The number of nitrogens with zero attached hydrogens (tertiary/aromatic N) is 1. The molecule has 0 amide bonds. The number of fused-ring (bicyclic) bond motifs is 3. The van der Waals surface area contributed by atoms with Crippen molar-refractivity contribution in [3.8, 4) is 0 Å². The number of rotatable bonds is 0. The molecule has 0 bridgehead atoms. The molecule has 0 aromatic carbocycles. The first-order chi connectivity index (χ1) is 11.4. The van der Waals surface area contributed by atoms with Crippen LogP contribution in [0.1, 0.15) is 65.2 Å². The van der Waals surface area contributed by atoms with Crippen LogP contribution in [0, 0.1) is 45.8 Å². The maximum absolute atomic E-state index is 13.3. The molecule has 1 saturated heterocycles. The lowest BCUT2D eigenvalue weighted by atomic mass is 9.46. The minimum atomic E-state index is 0.163. The Bertz CT molecular complexity index is 629. The molecule has 0 aromatic rings. The van der Waals surface area contributed by atoms with E-state index in [-0.39, 0.29) is 5.41 Å². The second-order valence-corrected chi connectivity index (χ2v) is 10.9. The van der Waals surface area contributed by atoms with Gasteiger partial charge in [0.15, 0.2) is 0 Å². The van der Waals surface area contributed by atoms with E-state index in [4.69, 9.17) is 0 Å². The predicted molar refractivity (Wildman–Crippen MR) is 94.5 cm³/mol. The van der Waals surface area contributed by atoms with Crippen molar-refractivity contribution in [1.82, 2.24) is 4.90 Å². The Morgan fingerprint density at radius 1 is 1.04 bits per heavy atom. The molecular formula is C22H33NO. The first-order valence-corrected chi connectivity index (χ1v) is 10.7. The topological polar surface area (TPSA) is 20.3 Å². The molecule has 2 nitrogen and oxygen atoms in total. The van der Waals surface area contributed by atoms with Gasteiger partial charge in [-0.2, -0.15) is 0 Å². The third kappa shape index (κ3) is 1.32. The van der Waals surface area contributed by atoms with E-state index in [9.17, 15) is 4.79 Å². The van der Waals surface area contributed by atoms with Gasteiger partial charge in [-0.1, -0.05) is 6.92 Å². The van der Waals surface area contributed by atoms with Gasteiger partial charge in [0.2, 0.25) is 0 Å². The molecule has 0 radical (unpaired) electrons. The summed E-state index contributed by atoms with van der Waals surface area (Å²) in [7, 11) is 2.34. The van der Waals surface area contributed by atoms with Crippen LogP contribution in [0.3, 0.4) is 0 Å². The fraction of sp³-hybridized carbons (Fsp3) is 0.955. The Balaban J connectivity index is 1.41. The first kappa shape index (κ1) is 14.8. The quantitative estimate of drug-likeness (QED) is 0.666. The molecule has 24 heavy (non-hydrogen) atoms. The van der Waals surface area contributed by atoms with Crippen LogP contribution in [0.4, 0.5) is 0 Å². The Morgan fingerprint density at radius 3 is 2.62 bits per heavy atom. The maximum Gasteiger partial charge on any atom is 0.140 e. The van der Waals surface area contributed by atoms with Crippen molar-refractivity contribution < 1.29 is 4.79 Å². The fourth-order valence-electron chi connectivity index (χ4n) is 9.81. The van der Waals surface area contributed by atoms with Gasteiger partial charge in [-0.25, -0.2) is 0 Å². The molecule has 6 aliphatic rings. The summed E-state index contributed by atoms with van der Waals surface area (Å²) in [4.78, 5) is 15.9. The third-order valence-corrected chi connectivity index (χ3v) is 10.9. The lowest BCUT2D eigenvalue weighted by molar-refractivity contribution is -0.150. The van der Waals surface area contributed by atoms with Crippen molar-refractivity contribution in [2.24, 2.45) is 45.8 Å². The van der Waals surface area contributed by atoms with Crippen molar-refractivity contribution in [3.05, 3.63) is 0 Å². The average molecular weight is 328 g/mol. The summed E-state index contributed by atoms with van der Waals surface area (Å²) < 4.78 is 0. The normalized spacial score (nSPS) is 64.2. The van der Waals surface area contributed by atoms with Gasteiger partial charge in [0, 0.05) is 24.4 Å². The van der Waals surface area contributed by atoms with Crippen molar-refractivity contribution in [1.29, 1.82) is 0 Å². The summed E-state index contributed by atoms with van der Waals surface area (Å²) >= 11 is 0. The molecule has 5 aliphatic carbocycles. The molecule has 132 valence electrons. The second-order valence-electron chi connectivity index (χ2n) is 10.9. The van der Waals surface area contributed by atoms with E-state index in [1.54, 1.807) is 0 Å². The van der Waals surface area contributed by atoms with Crippen LogP contribution >= 0.6 is 0 Å². The molecule has 9 atom stereocenters. The van der Waals surface area contributed by atoms with Gasteiger partial charge in [-0.05, 0) is 99.3 Å². The van der Waals surface area contributed by atoms with E-state index in [2.05, 4.69) is 25.8 Å². The van der Waals surface area contributed by atoms with Gasteiger partial charge in [-0.15, -0.1) is 0 Å². The van der Waals surface area contributed by atoms with Crippen molar-refractivity contribution >= 4 is 5.78 Å². The van der Waals surface area contributed by atoms with E-state index in [1.165, 1.54) is 51.5 Å². The van der Waals surface area contributed by atoms with E-state index >= 15 is 0 Å². The van der Waals surface area contributed by atoms with Gasteiger partial charge in [0.1, 0.15) is 5.78 Å². The van der Waals surface area contributed by atoms with Gasteiger partial charge in [-0.3, -0.25) is 4.79 Å². The molecule has 2 heteroatoms. The standard InChI is InChI=1S/C22H33NO/c1-13-16-4-5-18-15-10-19(24)22-11-14(22)6-8-20(22,2)17(15)7-9-21(16,18)12-23(13)3/h13-18H,4-12H2,1-3H3/t13-,14+,15+,16+,17-,18-,20+,21-,22-/m0/s1. The minimum absolute atomic E-state index is 0.163. The summed E-state index contributed by atoms with van der Waals surface area (Å²) in [6, 6.07) is 0.757. The number of Topliss-reactive ketones (excluding diaryl/α,β-unsaturated/α-hetero) is 1. The predicted octanol–water partition coefficient (Wildman–Crippen LogP) is 4.14. The van der Waals surface area contributed by atoms with Gasteiger partial charge < -0.3 is 4.90 Å². The minimum Gasteiger partial charge on any atom is -0.303 e. The lowest BCUT2D eigenvalue weighted by Gasteiger charge is -2.58. The third-order valence-electron chi connectivity index (χ3n) is 10.9. The van der Waals surface area contributed by atoms with Crippen molar-refractivity contribution in [3.63, 3.8) is 0 Å². The molecule has 5 saturated carbocycles. The van der Waals surface area contributed by atoms with Crippen LogP contribution in [0.2, 0.25) is 0 Å². The number of likely N-dealkylation sites (tertiary alicyclic amines) is 1. The molecule has 1 aliphatic heterocycles.